The van der Waals surface area contributed by atoms with Crippen molar-refractivity contribution in [2.45, 2.75) is 26.7 Å². The molecule has 2 aromatic heterocycles. The van der Waals surface area contributed by atoms with Gasteiger partial charge in [0.05, 0.1) is 23.0 Å². The second-order valence-corrected chi connectivity index (χ2v) is 5.69. The van der Waals surface area contributed by atoms with Crippen molar-refractivity contribution >= 4 is 0 Å². The van der Waals surface area contributed by atoms with Gasteiger partial charge < -0.3 is 0 Å². The van der Waals surface area contributed by atoms with Crippen molar-refractivity contribution in [3.8, 4) is 11.8 Å². The zero-order valence-electron chi connectivity index (χ0n) is 13.6. The van der Waals surface area contributed by atoms with Crippen molar-refractivity contribution in [3.63, 3.8) is 0 Å². The third-order valence-electron chi connectivity index (χ3n) is 4.05. The van der Waals surface area contributed by atoms with Gasteiger partial charge in [0.15, 0.2) is 0 Å². The van der Waals surface area contributed by atoms with Gasteiger partial charge in [-0.2, -0.15) is 10.4 Å². The van der Waals surface area contributed by atoms with Gasteiger partial charge in [-0.3, -0.25) is 4.98 Å². The Kier molecular flexibility index (Phi) is 4.39. The predicted octanol–water partition coefficient (Wildman–Crippen LogP) is 3.68. The van der Waals surface area contributed by atoms with Gasteiger partial charge in [-0.15, -0.1) is 0 Å². The Bertz CT molecular complexity index is 907. The maximum absolute atomic E-state index is 13.7. The molecule has 0 aliphatic heterocycles. The molecule has 3 rings (SSSR count). The number of pyridine rings is 1. The monoisotopic (exact) mass is 320 g/mol. The summed E-state index contributed by atoms with van der Waals surface area (Å²) in [6, 6.07) is 12.1. The first kappa shape index (κ1) is 15.9. The first-order chi connectivity index (χ1) is 11.6. The van der Waals surface area contributed by atoms with Crippen LogP contribution in [-0.4, -0.2) is 14.8 Å². The van der Waals surface area contributed by atoms with Crippen LogP contribution in [0.2, 0.25) is 0 Å². The molecule has 3 aromatic rings. The van der Waals surface area contributed by atoms with Crippen LogP contribution < -0.4 is 0 Å². The average Bonchev–Trinajstić information content (AvgIpc) is 2.87. The number of benzene rings is 1. The Hall–Kier alpha value is -3.00. The molecule has 2 heterocycles. The average molecular weight is 320 g/mol. The van der Waals surface area contributed by atoms with Gasteiger partial charge in [0.2, 0.25) is 0 Å². The lowest BCUT2D eigenvalue weighted by molar-refractivity contribution is 0.624. The summed E-state index contributed by atoms with van der Waals surface area (Å²) in [5.74, 6) is -0.438. The smallest absolute Gasteiger partial charge is 0.126 e. The lowest BCUT2D eigenvalue weighted by atomic mass is 10.1. The van der Waals surface area contributed by atoms with E-state index in [0.717, 1.165) is 35.5 Å². The fraction of sp³-hybridized carbons (Fsp3) is 0.211. The quantitative estimate of drug-likeness (QED) is 0.737. The van der Waals surface area contributed by atoms with E-state index in [-0.39, 0.29) is 5.56 Å². The van der Waals surface area contributed by atoms with E-state index >= 15 is 0 Å². The lowest BCUT2D eigenvalue weighted by Crippen LogP contribution is -2.01. The van der Waals surface area contributed by atoms with Gasteiger partial charge in [0, 0.05) is 17.6 Å². The molecule has 0 amide bonds. The van der Waals surface area contributed by atoms with Gasteiger partial charge in [-0.05, 0) is 62.6 Å². The van der Waals surface area contributed by atoms with Gasteiger partial charge in [0.1, 0.15) is 5.82 Å². The van der Waals surface area contributed by atoms with E-state index in [0.29, 0.717) is 5.69 Å². The molecular formula is C19H17FN4. The van der Waals surface area contributed by atoms with E-state index in [2.05, 4.69) is 10.1 Å². The van der Waals surface area contributed by atoms with Crippen LogP contribution in [-0.2, 0) is 12.8 Å². The molecule has 0 spiro atoms. The molecule has 0 N–H and O–H groups in total. The first-order valence-electron chi connectivity index (χ1n) is 7.74. The zero-order chi connectivity index (χ0) is 17.1. The molecule has 0 radical (unpaired) electrons. The summed E-state index contributed by atoms with van der Waals surface area (Å²) in [4.78, 5) is 4.34. The standard InChI is InChI=1S/C19H17FN4/c1-13-19(7-6-17-5-3-4-8-22-17)14(2)24(23-13)18-10-15(12-21)9-16(20)11-18/h3-5,8-11H,6-7H2,1-2H3. The second kappa shape index (κ2) is 6.63. The third-order valence-corrected chi connectivity index (χ3v) is 4.05. The van der Waals surface area contributed by atoms with E-state index in [1.54, 1.807) is 16.9 Å². The molecule has 0 bridgehead atoms. The normalized spacial score (nSPS) is 10.6. The fourth-order valence-corrected chi connectivity index (χ4v) is 2.85. The van der Waals surface area contributed by atoms with Crippen molar-refractivity contribution in [1.82, 2.24) is 14.8 Å². The molecule has 0 atom stereocenters. The molecule has 24 heavy (non-hydrogen) atoms. The summed E-state index contributed by atoms with van der Waals surface area (Å²) in [5, 5.41) is 13.5. The largest absolute Gasteiger partial charge is 0.261 e. The maximum Gasteiger partial charge on any atom is 0.126 e. The Morgan fingerprint density at radius 1 is 1.17 bits per heavy atom. The summed E-state index contributed by atoms with van der Waals surface area (Å²) in [6.07, 6.45) is 3.42. The molecule has 0 fully saturated rings. The van der Waals surface area contributed by atoms with Crippen LogP contribution in [0.3, 0.4) is 0 Å². The van der Waals surface area contributed by atoms with Crippen LogP contribution >= 0.6 is 0 Å². The minimum Gasteiger partial charge on any atom is -0.261 e. The van der Waals surface area contributed by atoms with Crippen LogP contribution in [0.5, 0.6) is 0 Å². The minimum atomic E-state index is -0.438. The van der Waals surface area contributed by atoms with Crippen LogP contribution in [0.4, 0.5) is 4.39 Å². The lowest BCUT2D eigenvalue weighted by Gasteiger charge is -2.06. The van der Waals surface area contributed by atoms with Crippen LogP contribution in [0, 0.1) is 31.0 Å². The van der Waals surface area contributed by atoms with Crippen molar-refractivity contribution in [3.05, 3.63) is 76.6 Å². The molecule has 0 aliphatic carbocycles. The summed E-state index contributed by atoms with van der Waals surface area (Å²) in [7, 11) is 0. The Morgan fingerprint density at radius 2 is 2.00 bits per heavy atom. The number of hydrogen-bond acceptors (Lipinski definition) is 3. The molecule has 4 nitrogen and oxygen atoms in total. The predicted molar refractivity (Wildman–Crippen MR) is 89.4 cm³/mol. The number of nitriles is 1. The highest BCUT2D eigenvalue weighted by Crippen LogP contribution is 2.21. The molecule has 5 heteroatoms. The molecule has 0 saturated carbocycles. The van der Waals surface area contributed by atoms with Crippen molar-refractivity contribution in [2.24, 2.45) is 0 Å². The number of halogens is 1. The maximum atomic E-state index is 13.7. The minimum absolute atomic E-state index is 0.285. The number of hydrogen-bond donors (Lipinski definition) is 0. The van der Waals surface area contributed by atoms with Gasteiger partial charge >= 0.3 is 0 Å². The zero-order valence-corrected chi connectivity index (χ0v) is 13.6. The summed E-state index contributed by atoms with van der Waals surface area (Å²) < 4.78 is 15.4. The van der Waals surface area contributed by atoms with Crippen LogP contribution in [0.1, 0.15) is 28.2 Å². The summed E-state index contributed by atoms with van der Waals surface area (Å²) in [6.45, 7) is 3.91. The second-order valence-electron chi connectivity index (χ2n) is 5.69. The van der Waals surface area contributed by atoms with E-state index in [9.17, 15) is 4.39 Å². The topological polar surface area (TPSA) is 54.5 Å². The fourth-order valence-electron chi connectivity index (χ4n) is 2.85. The third kappa shape index (κ3) is 3.18. The van der Waals surface area contributed by atoms with E-state index in [1.807, 2.05) is 38.1 Å². The molecule has 0 saturated heterocycles. The Balaban J connectivity index is 1.92. The highest BCUT2D eigenvalue weighted by Gasteiger charge is 2.14. The highest BCUT2D eigenvalue weighted by molar-refractivity contribution is 5.44. The Labute approximate surface area is 140 Å². The molecule has 1 aromatic carbocycles. The van der Waals surface area contributed by atoms with Crippen molar-refractivity contribution in [1.29, 1.82) is 5.26 Å². The number of rotatable bonds is 4. The number of aryl methyl sites for hydroxylation is 2. The van der Waals surface area contributed by atoms with E-state index in [4.69, 9.17) is 5.26 Å². The molecule has 0 unspecified atom stereocenters. The van der Waals surface area contributed by atoms with E-state index < -0.39 is 5.82 Å². The van der Waals surface area contributed by atoms with Crippen molar-refractivity contribution < 1.29 is 4.39 Å². The first-order valence-corrected chi connectivity index (χ1v) is 7.74. The summed E-state index contributed by atoms with van der Waals surface area (Å²) in [5.41, 5.74) is 4.87. The molecule has 120 valence electrons. The van der Waals surface area contributed by atoms with Crippen LogP contribution in [0.25, 0.3) is 5.69 Å². The molecular weight excluding hydrogens is 303 g/mol. The Morgan fingerprint density at radius 3 is 2.71 bits per heavy atom. The SMILES string of the molecule is Cc1nn(-c2cc(F)cc(C#N)c2)c(C)c1CCc1ccccn1. The van der Waals surface area contributed by atoms with Crippen LogP contribution in [0.15, 0.2) is 42.6 Å². The number of nitrogens with zero attached hydrogens (tertiary/aromatic N) is 4. The summed E-state index contributed by atoms with van der Waals surface area (Å²) >= 11 is 0. The molecule has 0 aliphatic rings. The van der Waals surface area contributed by atoms with Gasteiger partial charge in [-0.1, -0.05) is 6.07 Å². The number of aromatic nitrogens is 3. The van der Waals surface area contributed by atoms with E-state index in [1.165, 1.54) is 12.1 Å². The van der Waals surface area contributed by atoms with Crippen molar-refractivity contribution in [2.75, 3.05) is 0 Å². The highest BCUT2D eigenvalue weighted by atomic mass is 19.1. The van der Waals surface area contributed by atoms with Gasteiger partial charge in [-0.25, -0.2) is 9.07 Å². The van der Waals surface area contributed by atoms with Gasteiger partial charge in [0.25, 0.3) is 0 Å².